The van der Waals surface area contributed by atoms with Gasteiger partial charge < -0.3 is 9.64 Å². The second-order valence-electron chi connectivity index (χ2n) is 11.4. The molecule has 4 nitrogen and oxygen atoms in total. The van der Waals surface area contributed by atoms with E-state index >= 15 is 0 Å². The molecule has 0 saturated heterocycles. The Balaban J connectivity index is 1.89. The lowest BCUT2D eigenvalue weighted by Crippen LogP contribution is -2.31. The third-order valence-corrected chi connectivity index (χ3v) is 7.89. The highest BCUT2D eigenvalue weighted by atomic mass is 16.5. The molecule has 0 aliphatic carbocycles. The van der Waals surface area contributed by atoms with E-state index in [-0.39, 0.29) is 5.97 Å². The van der Waals surface area contributed by atoms with Gasteiger partial charge in [0.25, 0.3) is 0 Å². The van der Waals surface area contributed by atoms with Crippen LogP contribution in [0, 0.1) is 0 Å². The summed E-state index contributed by atoms with van der Waals surface area (Å²) in [4.78, 5) is 19.1. The van der Waals surface area contributed by atoms with Crippen LogP contribution in [-0.4, -0.2) is 42.9 Å². The van der Waals surface area contributed by atoms with Crippen molar-refractivity contribution in [1.82, 2.24) is 4.90 Å². The maximum absolute atomic E-state index is 12.1. The molecule has 218 valence electrons. The Kier molecular flexibility index (Phi) is 24.4. The van der Waals surface area contributed by atoms with Crippen molar-refractivity contribution < 1.29 is 9.53 Å². The topological polar surface area (TPSA) is 41.9 Å². The van der Waals surface area contributed by atoms with Gasteiger partial charge in [-0.25, -0.2) is 0 Å². The number of carbonyl (C=O) groups is 1. The van der Waals surface area contributed by atoms with Crippen LogP contribution in [0.4, 0.5) is 0 Å². The van der Waals surface area contributed by atoms with E-state index in [0.717, 1.165) is 38.9 Å². The highest BCUT2D eigenvalue weighted by Gasteiger charge is 2.16. The summed E-state index contributed by atoms with van der Waals surface area (Å²) in [6, 6.07) is 0. The Labute approximate surface area is 231 Å². The molecule has 37 heavy (non-hydrogen) atoms. The first-order chi connectivity index (χ1) is 18.3. The number of hydrogen-bond acceptors (Lipinski definition) is 4. The molecule has 1 rings (SSSR count). The Morgan fingerprint density at radius 3 is 1.57 bits per heavy atom. The van der Waals surface area contributed by atoms with Crippen LogP contribution in [0.3, 0.4) is 0 Å². The van der Waals surface area contributed by atoms with Crippen molar-refractivity contribution in [3.05, 3.63) is 0 Å². The van der Waals surface area contributed by atoms with Crippen LogP contribution in [0.5, 0.6) is 0 Å². The fourth-order valence-electron chi connectivity index (χ4n) is 5.41. The minimum absolute atomic E-state index is 0.0189. The zero-order chi connectivity index (χ0) is 26.7. The third-order valence-electron chi connectivity index (χ3n) is 7.89. The molecule has 0 atom stereocenters. The quantitative estimate of drug-likeness (QED) is 0.0761. The first-order valence-electron chi connectivity index (χ1n) is 16.7. The highest BCUT2D eigenvalue weighted by Crippen LogP contribution is 2.15. The number of rotatable bonds is 28. The number of esters is 1. The lowest BCUT2D eigenvalue weighted by Gasteiger charge is -2.20. The molecule has 4 heteroatoms. The minimum Gasteiger partial charge on any atom is -0.464 e. The van der Waals surface area contributed by atoms with Crippen molar-refractivity contribution in [3.8, 4) is 0 Å². The lowest BCUT2D eigenvalue weighted by atomic mass is 10.0. The van der Waals surface area contributed by atoms with E-state index in [0.29, 0.717) is 13.0 Å². The Bertz CT molecular complexity index is 534. The summed E-state index contributed by atoms with van der Waals surface area (Å²) in [5, 5.41) is 0. The smallest absolute Gasteiger partial charge is 0.305 e. The molecule has 0 radical (unpaired) electrons. The molecule has 0 bridgehead atoms. The van der Waals surface area contributed by atoms with Crippen molar-refractivity contribution in [2.24, 2.45) is 4.99 Å². The van der Waals surface area contributed by atoms with Gasteiger partial charge in [-0.3, -0.25) is 9.79 Å². The van der Waals surface area contributed by atoms with Crippen molar-refractivity contribution in [1.29, 1.82) is 0 Å². The predicted molar refractivity (Wildman–Crippen MR) is 162 cm³/mol. The van der Waals surface area contributed by atoms with Crippen molar-refractivity contribution >= 4 is 11.8 Å². The van der Waals surface area contributed by atoms with Gasteiger partial charge in [-0.15, -0.1) is 0 Å². The second kappa shape index (κ2) is 26.5. The van der Waals surface area contributed by atoms with Crippen LogP contribution < -0.4 is 0 Å². The SMILES string of the molecule is CCCCCCCCCCCCCCC1=NCCN1CCOC(=O)CCCCCCCCCCCCC. The summed E-state index contributed by atoms with van der Waals surface area (Å²) < 4.78 is 5.53. The molecule has 0 unspecified atom stereocenters. The van der Waals surface area contributed by atoms with Gasteiger partial charge in [0.15, 0.2) is 0 Å². The molecule has 0 fully saturated rings. The van der Waals surface area contributed by atoms with E-state index in [9.17, 15) is 4.79 Å². The number of nitrogens with zero attached hydrogens (tertiary/aromatic N) is 2. The second-order valence-corrected chi connectivity index (χ2v) is 11.4. The van der Waals surface area contributed by atoms with Gasteiger partial charge in [0.1, 0.15) is 6.61 Å². The number of aliphatic imine (C=N–C) groups is 1. The fraction of sp³-hybridized carbons (Fsp3) is 0.939. The van der Waals surface area contributed by atoms with E-state index in [1.165, 1.54) is 141 Å². The van der Waals surface area contributed by atoms with Gasteiger partial charge in [0.2, 0.25) is 0 Å². The van der Waals surface area contributed by atoms with E-state index in [2.05, 4.69) is 18.7 Å². The van der Waals surface area contributed by atoms with Crippen LogP contribution in [0.1, 0.15) is 174 Å². The molecule has 0 N–H and O–H groups in total. The molecule has 0 spiro atoms. The molecule has 0 amide bonds. The number of hydrogen-bond donors (Lipinski definition) is 0. The summed E-state index contributed by atoms with van der Waals surface area (Å²) in [6.45, 7) is 7.77. The van der Waals surface area contributed by atoms with Gasteiger partial charge in [-0.2, -0.15) is 0 Å². The number of unbranched alkanes of at least 4 members (excludes halogenated alkanes) is 21. The number of amidine groups is 1. The normalized spacial score (nSPS) is 13.4. The van der Waals surface area contributed by atoms with Gasteiger partial charge >= 0.3 is 5.97 Å². The zero-order valence-corrected chi connectivity index (χ0v) is 25.2. The Morgan fingerprint density at radius 1 is 0.649 bits per heavy atom. The first kappa shape index (κ1) is 34.0. The molecule has 1 aliphatic rings. The summed E-state index contributed by atoms with van der Waals surface area (Å²) in [5.41, 5.74) is 0. The lowest BCUT2D eigenvalue weighted by molar-refractivity contribution is -0.143. The fourth-order valence-corrected chi connectivity index (χ4v) is 5.41. The van der Waals surface area contributed by atoms with Gasteiger partial charge in [0, 0.05) is 19.4 Å². The van der Waals surface area contributed by atoms with Gasteiger partial charge in [-0.05, 0) is 12.8 Å². The molecule has 0 aromatic rings. The maximum atomic E-state index is 12.1. The van der Waals surface area contributed by atoms with Crippen molar-refractivity contribution in [2.45, 2.75) is 174 Å². The standard InChI is InChI=1S/C33H64N2O2/c1-3-5-7-9-11-13-15-17-18-20-22-24-26-32-34-28-29-35(32)30-31-37-33(36)27-25-23-21-19-16-14-12-10-8-6-4-2/h3-31H2,1-2H3. The van der Waals surface area contributed by atoms with Crippen LogP contribution in [0.25, 0.3) is 0 Å². The summed E-state index contributed by atoms with van der Waals surface area (Å²) in [5.74, 6) is 1.23. The highest BCUT2D eigenvalue weighted by molar-refractivity contribution is 5.83. The monoisotopic (exact) mass is 520 g/mol. The van der Waals surface area contributed by atoms with Crippen LogP contribution in [-0.2, 0) is 9.53 Å². The average molecular weight is 521 g/mol. The van der Waals surface area contributed by atoms with Gasteiger partial charge in [0.05, 0.1) is 18.9 Å². The Morgan fingerprint density at radius 2 is 1.08 bits per heavy atom. The van der Waals surface area contributed by atoms with Crippen LogP contribution >= 0.6 is 0 Å². The Hall–Kier alpha value is -1.06. The summed E-state index contributed by atoms with van der Waals surface area (Å²) >= 11 is 0. The molecule has 0 aromatic heterocycles. The molecular weight excluding hydrogens is 456 g/mol. The summed E-state index contributed by atoms with van der Waals surface area (Å²) in [7, 11) is 0. The minimum atomic E-state index is -0.0189. The number of ether oxygens (including phenoxy) is 1. The average Bonchev–Trinajstić information content (AvgIpc) is 3.35. The van der Waals surface area contributed by atoms with Crippen LogP contribution in [0.15, 0.2) is 4.99 Å². The molecule has 0 saturated carbocycles. The number of carbonyl (C=O) groups excluding carboxylic acids is 1. The van der Waals surface area contributed by atoms with Gasteiger partial charge in [-0.1, -0.05) is 149 Å². The van der Waals surface area contributed by atoms with E-state index in [1.807, 2.05) is 0 Å². The van der Waals surface area contributed by atoms with E-state index < -0.39 is 0 Å². The molecule has 1 heterocycles. The largest absolute Gasteiger partial charge is 0.464 e. The first-order valence-corrected chi connectivity index (χ1v) is 16.7. The van der Waals surface area contributed by atoms with Crippen molar-refractivity contribution in [3.63, 3.8) is 0 Å². The van der Waals surface area contributed by atoms with E-state index in [4.69, 9.17) is 9.73 Å². The van der Waals surface area contributed by atoms with E-state index in [1.54, 1.807) is 0 Å². The summed E-state index contributed by atoms with van der Waals surface area (Å²) in [6.07, 6.45) is 32.7. The predicted octanol–water partition coefficient (Wildman–Crippen LogP) is 10.0. The maximum Gasteiger partial charge on any atom is 0.305 e. The molecule has 1 aliphatic heterocycles. The van der Waals surface area contributed by atoms with Crippen LogP contribution in [0.2, 0.25) is 0 Å². The van der Waals surface area contributed by atoms with Crippen molar-refractivity contribution in [2.75, 3.05) is 26.2 Å². The zero-order valence-electron chi connectivity index (χ0n) is 25.2. The molecule has 0 aromatic carbocycles. The third kappa shape index (κ3) is 21.6. The molecular formula is C33H64N2O2.